The molecule has 65 heavy (non-hydrogen) atoms. The third-order valence-electron chi connectivity index (χ3n) is 12.9. The highest BCUT2D eigenvalue weighted by Crippen LogP contribution is 2.38. The van der Waals surface area contributed by atoms with Gasteiger partial charge in [-0.2, -0.15) is 4.58 Å². The first-order chi connectivity index (χ1) is 31.9. The zero-order chi connectivity index (χ0) is 44.3. The summed E-state index contributed by atoms with van der Waals surface area (Å²) >= 11 is 0. The Morgan fingerprint density at radius 3 is 1.68 bits per heavy atom. The summed E-state index contributed by atoms with van der Waals surface area (Å²) in [6.45, 7) is 9.18. The molecule has 0 saturated heterocycles. The second kappa shape index (κ2) is 17.9. The lowest BCUT2D eigenvalue weighted by Gasteiger charge is -2.34. The average Bonchev–Trinajstić information content (AvgIpc) is 3.69. The summed E-state index contributed by atoms with van der Waals surface area (Å²) in [6, 6.07) is 79.9. The minimum Gasteiger partial charge on any atom is -0.294 e. The van der Waals surface area contributed by atoms with Crippen LogP contribution in [0.1, 0.15) is 50.7 Å². The van der Waals surface area contributed by atoms with Gasteiger partial charge in [-0.3, -0.25) is 4.57 Å². The molecule has 0 atom stereocenters. The molecule has 1 N–H and O–H groups in total. The summed E-state index contributed by atoms with van der Waals surface area (Å²) in [4.78, 5) is 5.18. The van der Waals surface area contributed by atoms with Crippen LogP contribution in [-0.4, -0.2) is 24.0 Å². The van der Waals surface area contributed by atoms with Crippen molar-refractivity contribution in [2.45, 2.75) is 39.5 Å². The zero-order valence-electron chi connectivity index (χ0n) is 37.4. The Labute approximate surface area is 383 Å². The predicted octanol–water partition coefficient (Wildman–Crippen LogP) is 12.4. The molecule has 0 fully saturated rings. The van der Waals surface area contributed by atoms with Gasteiger partial charge in [-0.1, -0.05) is 185 Å². The van der Waals surface area contributed by atoms with Crippen LogP contribution in [0.2, 0.25) is 0 Å². The lowest BCUT2D eigenvalue weighted by Crippen LogP contribution is -2.74. The summed E-state index contributed by atoms with van der Waals surface area (Å²) < 4.78 is 4.66. The van der Waals surface area contributed by atoms with Crippen LogP contribution in [0.25, 0.3) is 38.8 Å². The normalized spacial score (nSPS) is 12.1. The maximum Gasteiger partial charge on any atom is 0.247 e. The van der Waals surface area contributed by atoms with Crippen LogP contribution in [0.3, 0.4) is 0 Å². The monoisotopic (exact) mass is 857 g/mol. The Morgan fingerprint density at radius 2 is 1.02 bits per heavy atom. The molecule has 0 aliphatic carbocycles. The third kappa shape index (κ3) is 7.68. The van der Waals surface area contributed by atoms with E-state index >= 15 is 0 Å². The van der Waals surface area contributed by atoms with E-state index in [1.807, 2.05) is 12.3 Å². The van der Waals surface area contributed by atoms with Crippen LogP contribution in [0.5, 0.6) is 0 Å². The van der Waals surface area contributed by atoms with Gasteiger partial charge in [0.15, 0.2) is 8.07 Å². The lowest BCUT2D eigenvalue weighted by atomic mass is 9.85. The topological polar surface area (TPSA) is 32.9 Å². The lowest BCUT2D eigenvalue weighted by molar-refractivity contribution is 0.838. The van der Waals surface area contributed by atoms with Crippen molar-refractivity contribution in [1.82, 2.24) is 14.1 Å². The molecule has 316 valence electrons. The summed E-state index contributed by atoms with van der Waals surface area (Å²) in [5.74, 6) is 1.66. The second-order valence-electron chi connectivity index (χ2n) is 17.5. The molecule has 0 radical (unpaired) electrons. The van der Waals surface area contributed by atoms with Crippen LogP contribution in [0, 0.1) is 0 Å². The number of benzene rings is 8. The number of pyridine rings is 1. The average molecular weight is 858 g/mol. The van der Waals surface area contributed by atoms with Gasteiger partial charge in [0.2, 0.25) is 6.34 Å². The summed E-state index contributed by atoms with van der Waals surface area (Å²) in [5, 5.41) is 11.2. The molecule has 0 unspecified atom stereocenters. The van der Waals surface area contributed by atoms with Gasteiger partial charge in [-0.25, -0.2) is 10.3 Å². The Hall–Kier alpha value is -7.60. The standard InChI is InChI=1S/C60H52N4Si/c1-43(2)53-32-20-33-54(44(3)4)60(53)45-37-38-61-59(39-45)64-57-34-18-17-31-55(57)56-36-35-52(41-58(56)64)65(49-26-13-7-14-27-49,50-28-15-8-16-29-50)51-30-19-25-48(40-51)63(47-23-11-6-12-24-47)42-62-46-21-9-5-10-22-46/h5-44H,1-4H3/p+1. The largest absolute Gasteiger partial charge is 0.294 e. The highest BCUT2D eigenvalue weighted by atomic mass is 28.3. The summed E-state index contributed by atoms with van der Waals surface area (Å²) in [5.41, 5.74) is 10.7. The quantitative estimate of drug-likeness (QED) is 0.0436. The molecule has 5 heteroatoms. The number of nitrogens with one attached hydrogen (secondary N) is 1. The molecule has 8 aromatic carbocycles. The van der Waals surface area contributed by atoms with Crippen molar-refractivity contribution < 1.29 is 0 Å². The van der Waals surface area contributed by atoms with E-state index in [1.54, 1.807) is 0 Å². The van der Waals surface area contributed by atoms with Gasteiger partial charge < -0.3 is 0 Å². The number of nitrogens with zero attached hydrogens (tertiary/aromatic N) is 3. The molecule has 10 aromatic rings. The molecule has 0 amide bonds. The van der Waals surface area contributed by atoms with Gasteiger partial charge in [-0.05, 0) is 116 Å². The Morgan fingerprint density at radius 1 is 0.477 bits per heavy atom. The van der Waals surface area contributed by atoms with Crippen LogP contribution in [0.4, 0.5) is 17.1 Å². The first-order valence-corrected chi connectivity index (χ1v) is 24.8. The van der Waals surface area contributed by atoms with Gasteiger partial charge in [0.05, 0.1) is 11.0 Å². The molecule has 10 rings (SSSR count). The fourth-order valence-electron chi connectivity index (χ4n) is 9.86. The first kappa shape index (κ1) is 41.4. The van der Waals surface area contributed by atoms with Crippen LogP contribution < -0.4 is 30.6 Å². The molecule has 0 spiro atoms. The fourth-order valence-corrected chi connectivity index (χ4v) is 14.6. The van der Waals surface area contributed by atoms with Gasteiger partial charge >= 0.3 is 0 Å². The van der Waals surface area contributed by atoms with E-state index in [-0.39, 0.29) is 0 Å². The number of para-hydroxylation sites is 3. The van der Waals surface area contributed by atoms with E-state index in [1.165, 1.54) is 53.8 Å². The predicted molar refractivity (Wildman–Crippen MR) is 280 cm³/mol. The smallest absolute Gasteiger partial charge is 0.247 e. The number of anilines is 1. The highest BCUT2D eigenvalue weighted by molar-refractivity contribution is 7.20. The van der Waals surface area contributed by atoms with E-state index in [4.69, 9.17) is 4.98 Å². The summed E-state index contributed by atoms with van der Waals surface area (Å²) in [6.07, 6.45) is 4.07. The van der Waals surface area contributed by atoms with E-state index in [9.17, 15) is 0 Å². The van der Waals surface area contributed by atoms with E-state index < -0.39 is 8.07 Å². The molecule has 0 aliphatic heterocycles. The van der Waals surface area contributed by atoms with E-state index in [2.05, 4.69) is 261 Å². The van der Waals surface area contributed by atoms with Crippen molar-refractivity contribution in [2.24, 2.45) is 0 Å². The Balaban J connectivity index is 1.24. The van der Waals surface area contributed by atoms with Gasteiger partial charge in [0.1, 0.15) is 22.9 Å². The number of hydrogen-bond donors (Lipinski definition) is 1. The van der Waals surface area contributed by atoms with Crippen LogP contribution in [-0.2, 0) is 0 Å². The van der Waals surface area contributed by atoms with Crippen molar-refractivity contribution in [2.75, 3.05) is 5.32 Å². The maximum atomic E-state index is 5.18. The Kier molecular flexibility index (Phi) is 11.4. The minimum atomic E-state index is -3.05. The number of aromatic nitrogens is 2. The molecule has 0 bridgehead atoms. The van der Waals surface area contributed by atoms with Crippen LogP contribution >= 0.6 is 0 Å². The number of fused-ring (bicyclic) bond motifs is 3. The number of rotatable bonds is 12. The van der Waals surface area contributed by atoms with Crippen LogP contribution in [0.15, 0.2) is 225 Å². The molecule has 0 saturated carbocycles. The van der Waals surface area contributed by atoms with Crippen molar-refractivity contribution >= 4 is 74.0 Å². The molecule has 0 aliphatic rings. The third-order valence-corrected chi connectivity index (χ3v) is 17.6. The fraction of sp³-hybridized carbons (Fsp3) is 0.100. The summed E-state index contributed by atoms with van der Waals surface area (Å²) in [7, 11) is -3.05. The molecule has 2 aromatic heterocycles. The second-order valence-corrected chi connectivity index (χ2v) is 21.3. The van der Waals surface area contributed by atoms with Crippen molar-refractivity contribution in [3.8, 4) is 16.9 Å². The molecular weight excluding hydrogens is 805 g/mol. The van der Waals surface area contributed by atoms with Crippen molar-refractivity contribution in [3.63, 3.8) is 0 Å². The maximum absolute atomic E-state index is 5.18. The molecule has 4 nitrogen and oxygen atoms in total. The van der Waals surface area contributed by atoms with E-state index in [0.717, 1.165) is 33.9 Å². The van der Waals surface area contributed by atoms with E-state index in [0.29, 0.717) is 11.8 Å². The zero-order valence-corrected chi connectivity index (χ0v) is 38.4. The van der Waals surface area contributed by atoms with Crippen molar-refractivity contribution in [3.05, 3.63) is 236 Å². The highest BCUT2D eigenvalue weighted by Gasteiger charge is 2.42. The minimum absolute atomic E-state index is 0.376. The van der Waals surface area contributed by atoms with Crippen molar-refractivity contribution in [1.29, 1.82) is 0 Å². The SMILES string of the molecule is CC(C)c1cccc(C(C)C)c1-c1ccnc(-n2c3ccccc3c3ccc([Si](c4ccccc4)(c4ccccc4)c4cccc([N+](=CNc5ccccc5)c5ccccc5)c4)cc32)c1. The number of hydrogen-bond acceptors (Lipinski definition) is 1. The first-order valence-electron chi connectivity index (χ1n) is 22.8. The van der Waals surface area contributed by atoms with Gasteiger partial charge in [0.25, 0.3) is 0 Å². The van der Waals surface area contributed by atoms with Gasteiger partial charge in [0, 0.05) is 17.0 Å². The molecule has 2 heterocycles. The van der Waals surface area contributed by atoms with Gasteiger partial charge in [-0.15, -0.1) is 0 Å². The molecular formula is C60H53N4Si+. The Bertz CT molecular complexity index is 3220.